The lowest BCUT2D eigenvalue weighted by Crippen LogP contribution is -1.88. The van der Waals surface area contributed by atoms with Gasteiger partial charge in [-0.3, -0.25) is 0 Å². The summed E-state index contributed by atoms with van der Waals surface area (Å²) in [4.78, 5) is 0. The highest BCUT2D eigenvalue weighted by Gasteiger charge is 2.11. The molecule has 0 spiro atoms. The van der Waals surface area contributed by atoms with Crippen LogP contribution in [0.1, 0.15) is 23.6 Å². The highest BCUT2D eigenvalue weighted by atomic mass is 14.1. The summed E-state index contributed by atoms with van der Waals surface area (Å²) in [5, 5.41) is 7.85. The van der Waals surface area contributed by atoms with Crippen molar-refractivity contribution in [2.24, 2.45) is 0 Å². The minimum atomic E-state index is 1.05. The molecule has 0 saturated carbocycles. The third-order valence-electron chi connectivity index (χ3n) is 5.00. The normalized spacial score (nSPS) is 10.4. The molecule has 134 valence electrons. The fourth-order valence-corrected chi connectivity index (χ4v) is 3.72. The molecule has 0 aliphatic carbocycles. The zero-order chi connectivity index (χ0) is 19.5. The molecule has 0 radical (unpaired) electrons. The molecule has 0 heterocycles. The Bertz CT molecular complexity index is 1330. The van der Waals surface area contributed by atoms with Crippen molar-refractivity contribution in [2.75, 3.05) is 0 Å². The van der Waals surface area contributed by atoms with Crippen LogP contribution in [0.25, 0.3) is 32.3 Å². The minimum absolute atomic E-state index is 1.05. The van der Waals surface area contributed by atoms with Gasteiger partial charge in [-0.05, 0) is 69.9 Å². The van der Waals surface area contributed by atoms with Crippen molar-refractivity contribution in [1.82, 2.24) is 0 Å². The molecule has 5 aromatic carbocycles. The van der Waals surface area contributed by atoms with Gasteiger partial charge >= 0.3 is 0 Å². The van der Waals surface area contributed by atoms with Gasteiger partial charge in [-0.2, -0.15) is 0 Å². The van der Waals surface area contributed by atoms with Crippen molar-refractivity contribution in [3.63, 3.8) is 0 Å². The molecule has 0 saturated heterocycles. The maximum absolute atomic E-state index is 3.38. The highest BCUT2D eigenvalue weighted by molar-refractivity contribution is 6.24. The van der Waals surface area contributed by atoms with E-state index in [1.165, 1.54) is 37.9 Å². The van der Waals surface area contributed by atoms with Crippen molar-refractivity contribution >= 4 is 32.3 Å². The van der Waals surface area contributed by atoms with Gasteiger partial charge in [-0.15, -0.1) is 6.58 Å². The quantitative estimate of drug-likeness (QED) is 0.153. The van der Waals surface area contributed by atoms with Gasteiger partial charge in [0.05, 0.1) is 0 Å². The average molecular weight is 358 g/mol. The molecular weight excluding hydrogens is 336 g/mol. The predicted molar refractivity (Wildman–Crippen MR) is 123 cm³/mol. The molecule has 0 aliphatic rings. The van der Waals surface area contributed by atoms with Gasteiger partial charge in [0.2, 0.25) is 0 Å². The monoisotopic (exact) mass is 358 g/mol. The van der Waals surface area contributed by atoms with Crippen molar-refractivity contribution in [1.29, 1.82) is 0 Å². The molecule has 0 heteroatoms. The van der Waals surface area contributed by atoms with Crippen LogP contribution in [-0.4, -0.2) is 0 Å². The van der Waals surface area contributed by atoms with Crippen LogP contribution in [0, 0.1) is 18.8 Å². The Morgan fingerprint density at radius 1 is 0.679 bits per heavy atom. The summed E-state index contributed by atoms with van der Waals surface area (Å²) in [5.41, 5.74) is 3.46. The summed E-state index contributed by atoms with van der Waals surface area (Å²) in [6.45, 7) is 7.43. The number of aryl methyl sites for hydroxylation is 1. The number of hydrogen-bond donors (Lipinski definition) is 0. The summed E-state index contributed by atoms with van der Waals surface area (Å²) in [6.07, 6.45) is 1.75. The van der Waals surface area contributed by atoms with Gasteiger partial charge in [-0.25, -0.2) is 0 Å². The molecule has 28 heavy (non-hydrogen) atoms. The first-order valence-corrected chi connectivity index (χ1v) is 9.54. The van der Waals surface area contributed by atoms with Gasteiger partial charge < -0.3 is 0 Å². The van der Waals surface area contributed by atoms with Crippen LogP contribution < -0.4 is 0 Å². The molecule has 5 aromatic rings. The number of rotatable bonds is 0. The van der Waals surface area contributed by atoms with E-state index < -0.39 is 0 Å². The zero-order valence-corrected chi connectivity index (χ0v) is 16.3. The number of benzene rings is 5. The maximum Gasteiger partial charge on any atom is 0.0328 e. The highest BCUT2D eigenvalue weighted by Crippen LogP contribution is 2.36. The second-order valence-electron chi connectivity index (χ2n) is 6.94. The maximum atomic E-state index is 3.38. The lowest BCUT2D eigenvalue weighted by Gasteiger charge is -2.13. The second-order valence-corrected chi connectivity index (χ2v) is 6.94. The first kappa shape index (κ1) is 17.8. The SMILES string of the molecule is C=CC.Cc1ccc2ccc3c(C#Cc4ccccc4)ccc4ccc1c2c43. The lowest BCUT2D eigenvalue weighted by atomic mass is 9.90. The van der Waals surface area contributed by atoms with E-state index >= 15 is 0 Å². The Kier molecular flexibility index (Phi) is 4.83. The zero-order valence-electron chi connectivity index (χ0n) is 16.3. The molecule has 0 unspecified atom stereocenters. The third-order valence-corrected chi connectivity index (χ3v) is 5.00. The molecular formula is C28H22. The van der Waals surface area contributed by atoms with E-state index in [2.05, 4.69) is 73.9 Å². The van der Waals surface area contributed by atoms with Gasteiger partial charge in [0, 0.05) is 11.1 Å². The molecule has 0 nitrogen and oxygen atoms in total. The predicted octanol–water partition coefficient (Wildman–Crippen LogP) is 7.48. The Hall–Kier alpha value is -3.56. The van der Waals surface area contributed by atoms with Crippen molar-refractivity contribution in [2.45, 2.75) is 13.8 Å². The summed E-state index contributed by atoms with van der Waals surface area (Å²) >= 11 is 0. The average Bonchev–Trinajstić information content (AvgIpc) is 2.73. The molecule has 0 amide bonds. The van der Waals surface area contributed by atoms with Gasteiger partial charge in [-0.1, -0.05) is 78.6 Å². The molecule has 0 fully saturated rings. The fraction of sp³-hybridized carbons (Fsp3) is 0.0714. The van der Waals surface area contributed by atoms with E-state index in [0.717, 1.165) is 11.1 Å². The first-order valence-electron chi connectivity index (χ1n) is 9.54. The van der Waals surface area contributed by atoms with Crippen LogP contribution in [0.5, 0.6) is 0 Å². The van der Waals surface area contributed by atoms with E-state index in [0.29, 0.717) is 0 Å². The van der Waals surface area contributed by atoms with Gasteiger partial charge in [0.1, 0.15) is 0 Å². The van der Waals surface area contributed by atoms with Gasteiger partial charge in [0.25, 0.3) is 0 Å². The van der Waals surface area contributed by atoms with Crippen LogP contribution in [0.15, 0.2) is 91.5 Å². The fourth-order valence-electron chi connectivity index (χ4n) is 3.72. The molecule has 0 bridgehead atoms. The Morgan fingerprint density at radius 2 is 1.25 bits per heavy atom. The third kappa shape index (κ3) is 3.13. The smallest absolute Gasteiger partial charge is 0.0328 e. The van der Waals surface area contributed by atoms with Crippen molar-refractivity contribution in [3.05, 3.63) is 108 Å². The standard InChI is InChI=1S/C25H16.C3H6/c1-17-7-9-20-14-16-23-19(10-8-18-5-3-2-4-6-18)11-12-21-13-15-22(17)24(20)25(21)23;1-3-2/h2-7,9,11-16H,1H3;3H,1H2,2H3. The van der Waals surface area contributed by atoms with Crippen LogP contribution in [0.2, 0.25) is 0 Å². The number of hydrogen-bond acceptors (Lipinski definition) is 0. The largest absolute Gasteiger partial charge is 0.103 e. The van der Waals surface area contributed by atoms with Crippen LogP contribution in [0.4, 0.5) is 0 Å². The minimum Gasteiger partial charge on any atom is -0.103 e. The van der Waals surface area contributed by atoms with Crippen LogP contribution in [-0.2, 0) is 0 Å². The Morgan fingerprint density at radius 3 is 1.96 bits per heavy atom. The molecule has 0 aromatic heterocycles. The number of allylic oxidation sites excluding steroid dienone is 1. The Labute approximate surface area is 166 Å². The lowest BCUT2D eigenvalue weighted by molar-refractivity contribution is 1.55. The van der Waals surface area contributed by atoms with E-state index in [-0.39, 0.29) is 0 Å². The van der Waals surface area contributed by atoms with E-state index in [9.17, 15) is 0 Å². The second kappa shape index (κ2) is 7.59. The van der Waals surface area contributed by atoms with E-state index in [1.54, 1.807) is 6.08 Å². The Balaban J connectivity index is 0.000000604. The molecule has 5 rings (SSSR count). The molecule has 0 aliphatic heterocycles. The topological polar surface area (TPSA) is 0 Å². The summed E-state index contributed by atoms with van der Waals surface area (Å²) in [5.74, 6) is 6.68. The van der Waals surface area contributed by atoms with Crippen LogP contribution >= 0.6 is 0 Å². The molecule has 0 N–H and O–H groups in total. The van der Waals surface area contributed by atoms with Crippen LogP contribution in [0.3, 0.4) is 0 Å². The van der Waals surface area contributed by atoms with Crippen molar-refractivity contribution in [3.8, 4) is 11.8 Å². The van der Waals surface area contributed by atoms with Crippen molar-refractivity contribution < 1.29 is 0 Å². The molecule has 0 atom stereocenters. The first-order chi connectivity index (χ1) is 13.7. The van der Waals surface area contributed by atoms with E-state index in [1.807, 2.05) is 37.3 Å². The summed E-state index contributed by atoms with van der Waals surface area (Å²) in [6, 6.07) is 27.8. The summed E-state index contributed by atoms with van der Waals surface area (Å²) < 4.78 is 0. The van der Waals surface area contributed by atoms with Gasteiger partial charge in [0.15, 0.2) is 0 Å². The van der Waals surface area contributed by atoms with E-state index in [4.69, 9.17) is 0 Å². The summed E-state index contributed by atoms with van der Waals surface area (Å²) in [7, 11) is 0.